The molecule has 2 heterocycles. The number of ether oxygens (including phenoxy) is 1. The minimum Gasteiger partial charge on any atom is -0.474 e. The third-order valence-corrected chi connectivity index (χ3v) is 6.17. The molecule has 1 saturated heterocycles. The molecule has 152 valence electrons. The lowest BCUT2D eigenvalue weighted by Crippen LogP contribution is -2.39. The lowest BCUT2D eigenvalue weighted by Gasteiger charge is -2.27. The minimum atomic E-state index is -3.78. The van der Waals surface area contributed by atoms with E-state index in [0.29, 0.717) is 11.7 Å². The van der Waals surface area contributed by atoms with E-state index in [9.17, 15) is 17.6 Å². The number of hydrogen-bond acceptors (Lipinski definition) is 5. The van der Waals surface area contributed by atoms with Gasteiger partial charge in [0.15, 0.2) is 0 Å². The van der Waals surface area contributed by atoms with E-state index in [1.54, 1.807) is 6.07 Å². The predicted molar refractivity (Wildman–Crippen MR) is 102 cm³/mol. The highest BCUT2D eigenvalue weighted by atomic mass is 32.2. The largest absolute Gasteiger partial charge is 0.474 e. The summed E-state index contributed by atoms with van der Waals surface area (Å²) in [6.07, 6.45) is -0.668. The highest BCUT2D eigenvalue weighted by Crippen LogP contribution is 2.23. The molecule has 3 rings (SSSR count). The maximum absolute atomic E-state index is 13.3. The first kappa shape index (κ1) is 20.3. The third kappa shape index (κ3) is 4.68. The number of nitrogens with one attached hydrogen (secondary N) is 2. The van der Waals surface area contributed by atoms with Crippen LogP contribution in [0.15, 0.2) is 35.2 Å². The van der Waals surface area contributed by atoms with E-state index in [0.717, 1.165) is 0 Å². The minimum absolute atomic E-state index is 0.00546. The average Bonchev–Trinajstić information content (AvgIpc) is 3.08. The van der Waals surface area contributed by atoms with E-state index in [2.05, 4.69) is 15.5 Å². The molecule has 0 aliphatic carbocycles. The summed E-state index contributed by atoms with van der Waals surface area (Å²) in [5.74, 6) is 0.191. The normalized spacial score (nSPS) is 16.3. The van der Waals surface area contributed by atoms with Gasteiger partial charge in [0.05, 0.1) is 11.0 Å². The van der Waals surface area contributed by atoms with Gasteiger partial charge in [0, 0.05) is 24.7 Å². The summed E-state index contributed by atoms with van der Waals surface area (Å²) >= 11 is 0. The number of halogens is 1. The molecule has 1 amide bonds. The van der Waals surface area contributed by atoms with E-state index in [4.69, 9.17) is 4.74 Å². The van der Waals surface area contributed by atoms with Gasteiger partial charge in [0.1, 0.15) is 12.0 Å². The molecule has 0 spiro atoms. The van der Waals surface area contributed by atoms with Gasteiger partial charge in [-0.15, -0.1) is 5.10 Å². The second-order valence-corrected chi connectivity index (χ2v) is 8.79. The van der Waals surface area contributed by atoms with Gasteiger partial charge >= 0.3 is 0 Å². The van der Waals surface area contributed by atoms with Crippen molar-refractivity contribution in [3.63, 3.8) is 0 Å². The lowest BCUT2D eigenvalue weighted by molar-refractivity contribution is 0.102. The number of alkyl halides is 1. The van der Waals surface area contributed by atoms with Crippen molar-refractivity contribution in [1.29, 1.82) is 0 Å². The summed E-state index contributed by atoms with van der Waals surface area (Å²) in [7, 11) is -3.78. The molecule has 1 fully saturated rings. The van der Waals surface area contributed by atoms with Crippen LogP contribution in [-0.4, -0.2) is 54.2 Å². The van der Waals surface area contributed by atoms with Crippen molar-refractivity contribution in [2.45, 2.75) is 43.9 Å². The first-order chi connectivity index (χ1) is 13.3. The Morgan fingerprint density at radius 2 is 2.04 bits per heavy atom. The van der Waals surface area contributed by atoms with Gasteiger partial charge in [0.25, 0.3) is 5.91 Å². The Bertz CT molecular complexity index is 937. The third-order valence-electron chi connectivity index (χ3n) is 4.28. The molecule has 2 N–H and O–H groups in total. The molecule has 1 aromatic heterocycles. The van der Waals surface area contributed by atoms with Crippen molar-refractivity contribution in [1.82, 2.24) is 14.5 Å². The molecule has 28 heavy (non-hydrogen) atoms. The summed E-state index contributed by atoms with van der Waals surface area (Å²) in [5.41, 5.74) is 0.183. The summed E-state index contributed by atoms with van der Waals surface area (Å²) < 4.78 is 45.5. The standard InChI is InChI=1S/C18H23FN4O4S/c1-12(2)27-17-11-16(21-22-17)20-18(24)13-4-3-5-15(10-13)28(25,26)23-8-6-14(19)7-9-23/h3-5,10-12,14H,6-9H2,1-2H3,(H2,20,21,22,24). The molecule has 1 aliphatic heterocycles. The lowest BCUT2D eigenvalue weighted by atomic mass is 10.1. The number of sulfonamides is 1. The van der Waals surface area contributed by atoms with E-state index in [-0.39, 0.29) is 42.5 Å². The molecule has 1 aliphatic rings. The molecular formula is C18H23FN4O4S. The maximum atomic E-state index is 13.3. The van der Waals surface area contributed by atoms with Crippen LogP contribution in [0.25, 0.3) is 0 Å². The number of H-pyrrole nitrogens is 1. The number of amides is 1. The Hall–Kier alpha value is -2.46. The fourth-order valence-electron chi connectivity index (χ4n) is 2.88. The molecular weight excluding hydrogens is 387 g/mol. The second-order valence-electron chi connectivity index (χ2n) is 6.85. The van der Waals surface area contributed by atoms with Gasteiger partial charge in [-0.1, -0.05) is 6.07 Å². The quantitative estimate of drug-likeness (QED) is 0.762. The zero-order valence-electron chi connectivity index (χ0n) is 15.7. The number of carbonyl (C=O) groups excluding carboxylic acids is 1. The fraction of sp³-hybridized carbons (Fsp3) is 0.444. The van der Waals surface area contributed by atoms with Gasteiger partial charge in [-0.25, -0.2) is 12.8 Å². The van der Waals surface area contributed by atoms with Gasteiger partial charge < -0.3 is 10.1 Å². The molecule has 0 radical (unpaired) electrons. The Balaban J connectivity index is 1.73. The molecule has 0 unspecified atom stereocenters. The molecule has 0 bridgehead atoms. The van der Waals surface area contributed by atoms with Crippen molar-refractivity contribution in [3.05, 3.63) is 35.9 Å². The second kappa shape index (κ2) is 8.27. The number of aromatic amines is 1. The summed E-state index contributed by atoms with van der Waals surface area (Å²) in [6, 6.07) is 7.31. The number of benzene rings is 1. The number of rotatable bonds is 6. The van der Waals surface area contributed by atoms with E-state index in [1.807, 2.05) is 13.8 Å². The Labute approximate surface area is 163 Å². The Morgan fingerprint density at radius 1 is 1.32 bits per heavy atom. The van der Waals surface area contributed by atoms with E-state index < -0.39 is 22.1 Å². The van der Waals surface area contributed by atoms with Crippen molar-refractivity contribution >= 4 is 21.7 Å². The average molecular weight is 410 g/mol. The van der Waals surface area contributed by atoms with Crippen molar-refractivity contribution in [2.75, 3.05) is 18.4 Å². The first-order valence-corrected chi connectivity index (χ1v) is 10.5. The van der Waals surface area contributed by atoms with Crippen LogP contribution in [0.5, 0.6) is 5.88 Å². The van der Waals surface area contributed by atoms with Gasteiger partial charge in [-0.2, -0.15) is 4.31 Å². The first-order valence-electron chi connectivity index (χ1n) is 9.03. The fourth-order valence-corrected chi connectivity index (χ4v) is 4.39. The summed E-state index contributed by atoms with van der Waals surface area (Å²) in [4.78, 5) is 12.5. The molecule has 8 nitrogen and oxygen atoms in total. The van der Waals surface area contributed by atoms with Crippen molar-refractivity contribution in [3.8, 4) is 5.88 Å². The van der Waals surface area contributed by atoms with Crippen LogP contribution in [0.3, 0.4) is 0 Å². The molecule has 10 heteroatoms. The highest BCUT2D eigenvalue weighted by molar-refractivity contribution is 7.89. The topological polar surface area (TPSA) is 104 Å². The Morgan fingerprint density at radius 3 is 2.71 bits per heavy atom. The molecule has 0 saturated carbocycles. The highest BCUT2D eigenvalue weighted by Gasteiger charge is 2.29. The molecule has 2 aromatic rings. The number of aromatic nitrogens is 2. The monoisotopic (exact) mass is 410 g/mol. The molecule has 0 atom stereocenters. The van der Waals surface area contributed by atoms with Crippen LogP contribution in [0.4, 0.5) is 10.2 Å². The smallest absolute Gasteiger partial charge is 0.256 e. The molecule has 1 aromatic carbocycles. The van der Waals surface area contributed by atoms with Crippen LogP contribution in [0.2, 0.25) is 0 Å². The number of carbonyl (C=O) groups is 1. The maximum Gasteiger partial charge on any atom is 0.256 e. The predicted octanol–water partition coefficient (Wildman–Crippen LogP) is 2.57. The summed E-state index contributed by atoms with van der Waals surface area (Å²) in [6.45, 7) is 3.98. The van der Waals surface area contributed by atoms with Crippen LogP contribution in [0.1, 0.15) is 37.0 Å². The van der Waals surface area contributed by atoms with Gasteiger partial charge in [0.2, 0.25) is 15.9 Å². The Kier molecular flexibility index (Phi) is 5.99. The van der Waals surface area contributed by atoms with Crippen molar-refractivity contribution in [2.24, 2.45) is 0 Å². The number of nitrogens with zero attached hydrogens (tertiary/aromatic N) is 2. The zero-order valence-corrected chi connectivity index (χ0v) is 16.5. The van der Waals surface area contributed by atoms with Gasteiger partial charge in [-0.3, -0.25) is 9.89 Å². The van der Waals surface area contributed by atoms with Crippen LogP contribution >= 0.6 is 0 Å². The van der Waals surface area contributed by atoms with Crippen LogP contribution in [0, 0.1) is 0 Å². The van der Waals surface area contributed by atoms with E-state index >= 15 is 0 Å². The SMILES string of the molecule is CC(C)Oc1cc(NC(=O)c2cccc(S(=O)(=O)N3CCC(F)CC3)c2)[nH]n1. The summed E-state index contributed by atoms with van der Waals surface area (Å²) in [5, 5.41) is 9.20. The number of piperidine rings is 1. The number of hydrogen-bond donors (Lipinski definition) is 2. The van der Waals surface area contributed by atoms with Crippen LogP contribution < -0.4 is 10.1 Å². The number of anilines is 1. The zero-order chi connectivity index (χ0) is 20.3. The van der Waals surface area contributed by atoms with Crippen LogP contribution in [-0.2, 0) is 10.0 Å². The van der Waals surface area contributed by atoms with E-state index in [1.165, 1.54) is 28.6 Å². The van der Waals surface area contributed by atoms with Crippen molar-refractivity contribution < 1.29 is 22.3 Å². The van der Waals surface area contributed by atoms with Gasteiger partial charge in [-0.05, 0) is 44.9 Å².